The lowest BCUT2D eigenvalue weighted by Crippen LogP contribution is -2.57. The Balaban J connectivity index is 1.31. The summed E-state index contributed by atoms with van der Waals surface area (Å²) in [6.45, 7) is 21.3. The van der Waals surface area contributed by atoms with Gasteiger partial charge in [0.15, 0.2) is 5.96 Å². The molecule has 5 aliphatic rings. The zero-order valence-corrected chi connectivity index (χ0v) is 26.3. The Morgan fingerprint density at radius 3 is 2.67 bits per heavy atom. The molecule has 3 saturated carbocycles. The highest BCUT2D eigenvalue weighted by Gasteiger charge is 2.56. The third-order valence-corrected chi connectivity index (χ3v) is 10.8. The minimum absolute atomic E-state index is 0.00160. The lowest BCUT2D eigenvalue weighted by Gasteiger charge is -2.61. The minimum Gasteiger partial charge on any atom is -0.340 e. The first-order valence-electron chi connectivity index (χ1n) is 16.0. The second kappa shape index (κ2) is 11.7. The third kappa shape index (κ3) is 5.63. The molecule has 3 heterocycles. The first-order chi connectivity index (χ1) is 20.1. The molecule has 2 saturated heterocycles. The van der Waals surface area contributed by atoms with Gasteiger partial charge >= 0.3 is 0 Å². The number of allylic oxidation sites excluding steroid dienone is 1. The maximum atomic E-state index is 13.6. The number of aromatic nitrogens is 2. The first-order valence-corrected chi connectivity index (χ1v) is 16.0. The molecule has 0 spiro atoms. The standard InChI is InChI=1S/C33H50N8O/c1-7-11-41-30(21-39-15-13-38(6)14-16-39)36-29-19-25(8-9-26(29)31(41)42)35-32(40-12-10-34-22(2)20-40)37-28-18-24-17-27(23(28)3)33(24,4)5/h7-9,19,22-24,27-28,34H,1,10-18,20-21H2,2-6H3,(H,35,37)/t22-,23-,24+,27-,28?/m0/s1. The molecule has 228 valence electrons. The Morgan fingerprint density at radius 2 is 1.98 bits per heavy atom. The van der Waals surface area contributed by atoms with Crippen molar-refractivity contribution in [3.05, 3.63) is 47.0 Å². The number of fused-ring (bicyclic) bond motifs is 3. The second-order valence-corrected chi connectivity index (χ2v) is 13.9. The van der Waals surface area contributed by atoms with Crippen LogP contribution in [0.4, 0.5) is 5.69 Å². The molecule has 2 N–H and O–H groups in total. The van der Waals surface area contributed by atoms with Gasteiger partial charge in [-0.05, 0) is 68.2 Å². The van der Waals surface area contributed by atoms with E-state index in [0.717, 1.165) is 87.1 Å². The van der Waals surface area contributed by atoms with Crippen LogP contribution in [0.1, 0.15) is 46.4 Å². The molecule has 5 fully saturated rings. The van der Waals surface area contributed by atoms with Gasteiger partial charge in [-0.15, -0.1) is 6.58 Å². The molecule has 0 radical (unpaired) electrons. The normalized spacial score (nSPS) is 30.3. The number of benzene rings is 1. The van der Waals surface area contributed by atoms with Gasteiger partial charge in [0.05, 0.1) is 23.5 Å². The lowest BCUT2D eigenvalue weighted by molar-refractivity contribution is -0.108. The number of anilines is 1. The Labute approximate surface area is 251 Å². The molecule has 9 heteroatoms. The average molecular weight is 575 g/mol. The van der Waals surface area contributed by atoms with Crippen molar-refractivity contribution in [2.45, 2.75) is 65.7 Å². The van der Waals surface area contributed by atoms with Crippen LogP contribution in [-0.2, 0) is 13.1 Å². The molecular formula is C33H50N8O. The van der Waals surface area contributed by atoms with Crippen LogP contribution in [0.15, 0.2) is 40.6 Å². The molecule has 0 amide bonds. The van der Waals surface area contributed by atoms with Gasteiger partial charge in [-0.1, -0.05) is 26.8 Å². The summed E-state index contributed by atoms with van der Waals surface area (Å²) in [5, 5.41) is 7.92. The highest BCUT2D eigenvalue weighted by atomic mass is 16.1. The fourth-order valence-electron chi connectivity index (χ4n) is 7.89. The van der Waals surface area contributed by atoms with Gasteiger partial charge < -0.3 is 20.4 Å². The van der Waals surface area contributed by atoms with E-state index in [2.05, 4.69) is 66.7 Å². The molecule has 9 nitrogen and oxygen atoms in total. The van der Waals surface area contributed by atoms with E-state index in [4.69, 9.17) is 9.98 Å². The zero-order valence-electron chi connectivity index (χ0n) is 26.3. The summed E-state index contributed by atoms with van der Waals surface area (Å²) in [7, 11) is 2.16. The maximum Gasteiger partial charge on any atom is 0.261 e. The molecular weight excluding hydrogens is 524 g/mol. The van der Waals surface area contributed by atoms with Crippen LogP contribution >= 0.6 is 0 Å². The van der Waals surface area contributed by atoms with Gasteiger partial charge in [0.2, 0.25) is 0 Å². The van der Waals surface area contributed by atoms with Crippen molar-refractivity contribution in [2.24, 2.45) is 28.2 Å². The van der Waals surface area contributed by atoms with Gasteiger partial charge in [-0.2, -0.15) is 0 Å². The number of hydrogen-bond donors (Lipinski definition) is 2. The highest BCUT2D eigenvalue weighted by Crippen LogP contribution is 2.61. The summed E-state index contributed by atoms with van der Waals surface area (Å²) < 4.78 is 1.78. The van der Waals surface area contributed by atoms with Gasteiger partial charge in [-0.25, -0.2) is 9.98 Å². The van der Waals surface area contributed by atoms with E-state index in [1.54, 1.807) is 10.6 Å². The summed E-state index contributed by atoms with van der Waals surface area (Å²) in [5.41, 5.74) is 2.10. The second-order valence-electron chi connectivity index (χ2n) is 13.9. The van der Waals surface area contributed by atoms with Gasteiger partial charge in [0.25, 0.3) is 5.56 Å². The molecule has 2 bridgehead atoms. The quantitative estimate of drug-likeness (QED) is 0.311. The van der Waals surface area contributed by atoms with Crippen molar-refractivity contribution in [1.82, 2.24) is 29.6 Å². The van der Waals surface area contributed by atoms with Crippen LogP contribution in [0.2, 0.25) is 0 Å². The monoisotopic (exact) mass is 574 g/mol. The summed E-state index contributed by atoms with van der Waals surface area (Å²) in [5.74, 6) is 3.83. The predicted octanol–water partition coefficient (Wildman–Crippen LogP) is 3.46. The van der Waals surface area contributed by atoms with Crippen LogP contribution in [0, 0.1) is 23.2 Å². The highest BCUT2D eigenvalue weighted by molar-refractivity contribution is 5.96. The molecule has 3 aliphatic carbocycles. The molecule has 42 heavy (non-hydrogen) atoms. The summed E-state index contributed by atoms with van der Waals surface area (Å²) in [6, 6.07) is 6.70. The van der Waals surface area contributed by atoms with Crippen LogP contribution < -0.4 is 16.2 Å². The van der Waals surface area contributed by atoms with Crippen LogP contribution in [0.25, 0.3) is 10.9 Å². The molecule has 2 aliphatic heterocycles. The number of guanidine groups is 1. The van der Waals surface area contributed by atoms with Crippen LogP contribution in [0.3, 0.4) is 0 Å². The number of nitrogens with one attached hydrogen (secondary N) is 2. The Morgan fingerprint density at radius 1 is 1.19 bits per heavy atom. The number of likely N-dealkylation sites (N-methyl/N-ethyl adjacent to an activating group) is 1. The number of rotatable bonds is 6. The van der Waals surface area contributed by atoms with E-state index < -0.39 is 0 Å². The van der Waals surface area contributed by atoms with Crippen molar-refractivity contribution in [3.8, 4) is 0 Å². The summed E-state index contributed by atoms with van der Waals surface area (Å²) in [4.78, 5) is 31.3. The number of aliphatic imine (C=N–C) groups is 1. The minimum atomic E-state index is -0.00160. The maximum absolute atomic E-state index is 13.6. The van der Waals surface area contributed by atoms with E-state index in [1.165, 1.54) is 6.42 Å². The third-order valence-electron chi connectivity index (χ3n) is 10.8. The van der Waals surface area contributed by atoms with Crippen LogP contribution in [-0.4, -0.2) is 95.2 Å². The molecule has 5 atom stereocenters. The lowest BCUT2D eigenvalue weighted by atomic mass is 9.45. The number of nitrogens with zero attached hydrogens (tertiary/aromatic N) is 6. The first kappa shape index (κ1) is 29.3. The fraction of sp³-hybridized carbons (Fsp3) is 0.667. The van der Waals surface area contributed by atoms with Crippen molar-refractivity contribution in [2.75, 3.05) is 58.2 Å². The van der Waals surface area contributed by atoms with Crippen molar-refractivity contribution in [1.29, 1.82) is 0 Å². The Kier molecular flexibility index (Phi) is 8.19. The molecule has 1 aromatic carbocycles. The van der Waals surface area contributed by atoms with E-state index >= 15 is 0 Å². The Hall–Kier alpha value is -2.75. The fourth-order valence-corrected chi connectivity index (χ4v) is 7.89. The smallest absolute Gasteiger partial charge is 0.261 e. The Bertz CT molecular complexity index is 1390. The van der Waals surface area contributed by atoms with E-state index in [1.807, 2.05) is 18.2 Å². The number of piperazine rings is 2. The average Bonchev–Trinajstić information content (AvgIpc) is 2.96. The predicted molar refractivity (Wildman–Crippen MR) is 172 cm³/mol. The SMILES string of the molecule is C=CCn1c(CN2CCN(C)CC2)nc2cc(NC(=NC3C[C@H]4C[C@@H]([C@@H]3C)C4(C)C)N3CCN[C@@H](C)C3)ccc2c1=O. The van der Waals surface area contributed by atoms with Gasteiger partial charge in [0, 0.05) is 64.1 Å². The zero-order chi connectivity index (χ0) is 29.6. The van der Waals surface area contributed by atoms with Crippen molar-refractivity contribution in [3.63, 3.8) is 0 Å². The molecule has 7 rings (SSSR count). The van der Waals surface area contributed by atoms with Gasteiger partial charge in [-0.3, -0.25) is 14.3 Å². The van der Waals surface area contributed by atoms with Crippen molar-refractivity contribution < 1.29 is 0 Å². The van der Waals surface area contributed by atoms with E-state index in [-0.39, 0.29) is 5.56 Å². The van der Waals surface area contributed by atoms with Crippen molar-refractivity contribution >= 4 is 22.5 Å². The largest absolute Gasteiger partial charge is 0.340 e. The molecule has 1 unspecified atom stereocenters. The molecule has 2 aromatic rings. The topological polar surface area (TPSA) is 81.0 Å². The van der Waals surface area contributed by atoms with Gasteiger partial charge in [0.1, 0.15) is 5.82 Å². The van der Waals surface area contributed by atoms with Crippen LogP contribution in [0.5, 0.6) is 0 Å². The number of hydrogen-bond acceptors (Lipinski definition) is 6. The van der Waals surface area contributed by atoms with E-state index in [0.29, 0.717) is 41.9 Å². The van der Waals surface area contributed by atoms with E-state index in [9.17, 15) is 4.79 Å². The summed E-state index contributed by atoms with van der Waals surface area (Å²) >= 11 is 0. The summed E-state index contributed by atoms with van der Waals surface area (Å²) in [6.07, 6.45) is 4.30. The molecule has 1 aromatic heterocycles.